The molecule has 0 radical (unpaired) electrons. The number of benzene rings is 1. The smallest absolute Gasteiger partial charge is 0.130 e. The number of ether oxygens (including phenoxy) is 2. The molecule has 0 spiro atoms. The Balaban J connectivity index is 2.43. The molecule has 0 heterocycles. The summed E-state index contributed by atoms with van der Waals surface area (Å²) in [4.78, 5) is 0. The topological polar surface area (TPSA) is 42.2 Å². The number of nitriles is 1. The number of nitrogens with zero attached hydrogens (tertiary/aromatic N) is 1. The van der Waals surface area contributed by atoms with E-state index in [1.54, 1.807) is 19.2 Å². The molecule has 0 aromatic heterocycles. The molecule has 3 nitrogen and oxygen atoms in total. The van der Waals surface area contributed by atoms with Crippen LogP contribution in [0.4, 0.5) is 4.39 Å². The van der Waals surface area contributed by atoms with Crippen molar-refractivity contribution in [2.45, 2.75) is 32.5 Å². The molecule has 1 aromatic carbocycles. The van der Waals surface area contributed by atoms with E-state index in [0.717, 1.165) is 6.42 Å². The zero-order valence-electron chi connectivity index (χ0n) is 11.0. The SMILES string of the molecule is COC(C)(C)CCOCc1ccc(C#N)cc1F. The first-order valence-corrected chi connectivity index (χ1v) is 5.80. The van der Waals surface area contributed by atoms with Crippen molar-refractivity contribution < 1.29 is 13.9 Å². The van der Waals surface area contributed by atoms with Gasteiger partial charge in [-0.15, -0.1) is 0 Å². The summed E-state index contributed by atoms with van der Waals surface area (Å²) in [5.41, 5.74) is 0.546. The van der Waals surface area contributed by atoms with Crippen molar-refractivity contribution in [3.05, 3.63) is 35.1 Å². The van der Waals surface area contributed by atoms with E-state index in [4.69, 9.17) is 14.7 Å². The van der Waals surface area contributed by atoms with Crippen molar-refractivity contribution in [1.29, 1.82) is 5.26 Å². The lowest BCUT2D eigenvalue weighted by atomic mass is 10.1. The highest BCUT2D eigenvalue weighted by atomic mass is 19.1. The van der Waals surface area contributed by atoms with E-state index in [0.29, 0.717) is 17.7 Å². The molecule has 0 atom stereocenters. The van der Waals surface area contributed by atoms with Crippen molar-refractivity contribution in [2.24, 2.45) is 0 Å². The Kier molecular flexibility index (Phi) is 5.26. The van der Waals surface area contributed by atoms with Gasteiger partial charge in [0.05, 0.1) is 23.8 Å². The van der Waals surface area contributed by atoms with Gasteiger partial charge in [0.2, 0.25) is 0 Å². The number of rotatable bonds is 6. The van der Waals surface area contributed by atoms with Crippen LogP contribution in [0.15, 0.2) is 18.2 Å². The summed E-state index contributed by atoms with van der Waals surface area (Å²) < 4.78 is 24.2. The number of methoxy groups -OCH3 is 1. The van der Waals surface area contributed by atoms with Gasteiger partial charge in [-0.3, -0.25) is 0 Å². The quantitative estimate of drug-likeness (QED) is 0.730. The average molecular weight is 251 g/mol. The number of halogens is 1. The van der Waals surface area contributed by atoms with E-state index in [9.17, 15) is 4.39 Å². The van der Waals surface area contributed by atoms with Crippen LogP contribution in [0.25, 0.3) is 0 Å². The fraction of sp³-hybridized carbons (Fsp3) is 0.500. The Labute approximate surface area is 107 Å². The van der Waals surface area contributed by atoms with Crippen LogP contribution >= 0.6 is 0 Å². The second kappa shape index (κ2) is 6.48. The minimum Gasteiger partial charge on any atom is -0.379 e. The molecule has 1 rings (SSSR count). The molecule has 98 valence electrons. The predicted molar refractivity (Wildman–Crippen MR) is 66.5 cm³/mol. The normalized spacial score (nSPS) is 11.3. The fourth-order valence-electron chi connectivity index (χ4n) is 1.34. The third kappa shape index (κ3) is 4.44. The van der Waals surface area contributed by atoms with Gasteiger partial charge in [-0.25, -0.2) is 4.39 Å². The van der Waals surface area contributed by atoms with Gasteiger partial charge in [0.15, 0.2) is 0 Å². The maximum Gasteiger partial charge on any atom is 0.130 e. The van der Waals surface area contributed by atoms with Gasteiger partial charge >= 0.3 is 0 Å². The molecule has 0 saturated carbocycles. The third-order valence-corrected chi connectivity index (χ3v) is 2.84. The fourth-order valence-corrected chi connectivity index (χ4v) is 1.34. The lowest BCUT2D eigenvalue weighted by molar-refractivity contribution is -0.0127. The lowest BCUT2D eigenvalue weighted by Crippen LogP contribution is -2.24. The number of hydrogen-bond acceptors (Lipinski definition) is 3. The standard InChI is InChI=1S/C14H18FNO2/c1-14(2,17-3)6-7-18-10-12-5-4-11(9-16)8-13(12)15/h4-5,8H,6-7,10H2,1-3H3. The Bertz CT molecular complexity index is 438. The van der Waals surface area contributed by atoms with E-state index in [-0.39, 0.29) is 12.2 Å². The van der Waals surface area contributed by atoms with Crippen LogP contribution in [-0.2, 0) is 16.1 Å². The Morgan fingerprint density at radius 3 is 2.67 bits per heavy atom. The van der Waals surface area contributed by atoms with E-state index in [2.05, 4.69) is 0 Å². The van der Waals surface area contributed by atoms with Crippen molar-refractivity contribution in [3.8, 4) is 6.07 Å². The summed E-state index contributed by atoms with van der Waals surface area (Å²) >= 11 is 0. The molecule has 0 fully saturated rings. The van der Waals surface area contributed by atoms with Gasteiger partial charge < -0.3 is 9.47 Å². The molecule has 0 unspecified atom stereocenters. The van der Waals surface area contributed by atoms with Crippen LogP contribution in [0.2, 0.25) is 0 Å². The Morgan fingerprint density at radius 1 is 1.39 bits per heavy atom. The van der Waals surface area contributed by atoms with Crippen molar-refractivity contribution in [3.63, 3.8) is 0 Å². The van der Waals surface area contributed by atoms with Gasteiger partial charge in [0, 0.05) is 19.3 Å². The highest BCUT2D eigenvalue weighted by molar-refractivity contribution is 5.32. The second-order valence-electron chi connectivity index (χ2n) is 4.68. The monoisotopic (exact) mass is 251 g/mol. The summed E-state index contributed by atoms with van der Waals surface area (Å²) in [5, 5.41) is 8.62. The molecule has 0 bridgehead atoms. The summed E-state index contributed by atoms with van der Waals surface area (Å²) in [6.45, 7) is 4.65. The van der Waals surface area contributed by atoms with Gasteiger partial charge in [-0.2, -0.15) is 5.26 Å². The highest BCUT2D eigenvalue weighted by Gasteiger charge is 2.15. The molecule has 4 heteroatoms. The summed E-state index contributed by atoms with van der Waals surface area (Å²) in [7, 11) is 1.65. The van der Waals surface area contributed by atoms with E-state index in [1.807, 2.05) is 19.9 Å². The van der Waals surface area contributed by atoms with Gasteiger partial charge in [-0.05, 0) is 32.4 Å². The molecule has 18 heavy (non-hydrogen) atoms. The van der Waals surface area contributed by atoms with E-state index < -0.39 is 5.82 Å². The predicted octanol–water partition coefficient (Wildman–Crippen LogP) is 3.03. The van der Waals surface area contributed by atoms with Crippen molar-refractivity contribution in [1.82, 2.24) is 0 Å². The molecule has 0 amide bonds. The van der Waals surface area contributed by atoms with Crippen LogP contribution < -0.4 is 0 Å². The molecule has 1 aromatic rings. The lowest BCUT2D eigenvalue weighted by Gasteiger charge is -2.22. The second-order valence-corrected chi connectivity index (χ2v) is 4.68. The molecular weight excluding hydrogens is 233 g/mol. The van der Waals surface area contributed by atoms with Crippen LogP contribution in [0.1, 0.15) is 31.4 Å². The van der Waals surface area contributed by atoms with Crippen molar-refractivity contribution in [2.75, 3.05) is 13.7 Å². The van der Waals surface area contributed by atoms with E-state index >= 15 is 0 Å². The summed E-state index contributed by atoms with van der Waals surface area (Å²) in [6.07, 6.45) is 0.737. The minimum atomic E-state index is -0.403. The van der Waals surface area contributed by atoms with Crippen LogP contribution in [0, 0.1) is 17.1 Å². The van der Waals surface area contributed by atoms with Gasteiger partial charge in [0.1, 0.15) is 5.82 Å². The summed E-state index contributed by atoms with van der Waals surface area (Å²) in [6, 6.07) is 6.28. The third-order valence-electron chi connectivity index (χ3n) is 2.84. The summed E-state index contributed by atoms with van der Waals surface area (Å²) in [5.74, 6) is -0.403. The molecule has 0 saturated heterocycles. The van der Waals surface area contributed by atoms with Crippen LogP contribution in [0.3, 0.4) is 0 Å². The Hall–Kier alpha value is -1.44. The first kappa shape index (κ1) is 14.6. The first-order valence-electron chi connectivity index (χ1n) is 5.80. The highest BCUT2D eigenvalue weighted by Crippen LogP contribution is 2.14. The molecule has 0 aliphatic heterocycles. The largest absolute Gasteiger partial charge is 0.379 e. The first-order chi connectivity index (χ1) is 8.48. The average Bonchev–Trinajstić information content (AvgIpc) is 2.36. The van der Waals surface area contributed by atoms with Crippen LogP contribution in [0.5, 0.6) is 0 Å². The molecule has 0 aliphatic rings. The van der Waals surface area contributed by atoms with Crippen LogP contribution in [-0.4, -0.2) is 19.3 Å². The van der Waals surface area contributed by atoms with Gasteiger partial charge in [-0.1, -0.05) is 6.07 Å². The van der Waals surface area contributed by atoms with Crippen molar-refractivity contribution >= 4 is 0 Å². The molecule has 0 aliphatic carbocycles. The maximum absolute atomic E-state index is 13.5. The zero-order chi connectivity index (χ0) is 13.6. The molecular formula is C14H18FNO2. The number of hydrogen-bond donors (Lipinski definition) is 0. The Morgan fingerprint density at radius 2 is 2.11 bits per heavy atom. The minimum absolute atomic E-state index is 0.206. The molecule has 0 N–H and O–H groups in total. The van der Waals surface area contributed by atoms with E-state index in [1.165, 1.54) is 6.07 Å². The zero-order valence-corrected chi connectivity index (χ0v) is 11.0. The maximum atomic E-state index is 13.5. The van der Waals surface area contributed by atoms with Gasteiger partial charge in [0.25, 0.3) is 0 Å².